The zero-order chi connectivity index (χ0) is 18.9. The summed E-state index contributed by atoms with van der Waals surface area (Å²) in [6.45, 7) is 4.27. The molecule has 2 rings (SSSR count). The van der Waals surface area contributed by atoms with Gasteiger partial charge in [-0.15, -0.1) is 11.8 Å². The van der Waals surface area contributed by atoms with Crippen molar-refractivity contribution in [3.05, 3.63) is 47.7 Å². The van der Waals surface area contributed by atoms with Gasteiger partial charge in [0.15, 0.2) is 0 Å². The van der Waals surface area contributed by atoms with Crippen LogP contribution in [0.1, 0.15) is 31.5 Å². The second-order valence-corrected chi connectivity index (χ2v) is 7.32. The summed E-state index contributed by atoms with van der Waals surface area (Å²) in [6, 6.07) is 13.1. The number of carbonyl (C=O) groups is 1. The number of amides is 1. The number of hydrogen-bond acceptors (Lipinski definition) is 5. The summed E-state index contributed by atoms with van der Waals surface area (Å²) in [7, 11) is 1.60. The van der Waals surface area contributed by atoms with Gasteiger partial charge in [0.05, 0.1) is 12.7 Å². The predicted molar refractivity (Wildman–Crippen MR) is 104 cm³/mol. The van der Waals surface area contributed by atoms with Gasteiger partial charge in [0.2, 0.25) is 5.91 Å². The Morgan fingerprint density at radius 3 is 2.62 bits per heavy atom. The molecular weight excluding hydrogens is 346 g/mol. The van der Waals surface area contributed by atoms with E-state index >= 15 is 0 Å². The second kappa shape index (κ2) is 9.83. The van der Waals surface area contributed by atoms with Crippen LogP contribution < -0.4 is 10.1 Å². The van der Waals surface area contributed by atoms with Crippen molar-refractivity contribution in [3.63, 3.8) is 0 Å². The molecular formula is C20H23N3O2S. The molecule has 0 aliphatic carbocycles. The number of ether oxygens (including phenoxy) is 1. The van der Waals surface area contributed by atoms with Crippen LogP contribution in [0.3, 0.4) is 0 Å². The SMILES string of the molecule is COc1ccc(NC(=O)CCSc2nc(CC(C)C)ccc2C#N)cc1. The molecule has 1 amide bonds. The van der Waals surface area contributed by atoms with Crippen LogP contribution in [-0.4, -0.2) is 23.8 Å². The lowest BCUT2D eigenvalue weighted by atomic mass is 10.1. The molecule has 1 aromatic carbocycles. The van der Waals surface area contributed by atoms with Gasteiger partial charge in [-0.2, -0.15) is 5.26 Å². The Hall–Kier alpha value is -2.52. The summed E-state index contributed by atoms with van der Waals surface area (Å²) in [5, 5.41) is 12.8. The van der Waals surface area contributed by atoms with Crippen molar-refractivity contribution < 1.29 is 9.53 Å². The lowest BCUT2D eigenvalue weighted by Crippen LogP contribution is -2.12. The normalized spacial score (nSPS) is 10.4. The molecule has 0 unspecified atom stereocenters. The van der Waals surface area contributed by atoms with E-state index in [-0.39, 0.29) is 5.91 Å². The molecule has 0 radical (unpaired) electrons. The highest BCUT2D eigenvalue weighted by Crippen LogP contribution is 2.23. The monoisotopic (exact) mass is 369 g/mol. The van der Waals surface area contributed by atoms with Crippen molar-refractivity contribution in [1.29, 1.82) is 5.26 Å². The Morgan fingerprint density at radius 2 is 2.00 bits per heavy atom. The topological polar surface area (TPSA) is 75.0 Å². The third-order valence-corrected chi connectivity index (χ3v) is 4.59. The summed E-state index contributed by atoms with van der Waals surface area (Å²) in [6.07, 6.45) is 1.22. The van der Waals surface area contributed by atoms with Crippen LogP contribution in [-0.2, 0) is 11.2 Å². The number of nitrogens with zero attached hydrogens (tertiary/aromatic N) is 2. The average molecular weight is 369 g/mol. The molecule has 136 valence electrons. The van der Waals surface area contributed by atoms with E-state index in [0.717, 1.165) is 23.6 Å². The fraction of sp³-hybridized carbons (Fsp3) is 0.350. The van der Waals surface area contributed by atoms with Gasteiger partial charge in [0.25, 0.3) is 0 Å². The number of carbonyl (C=O) groups excluding carboxylic acids is 1. The molecule has 0 atom stereocenters. The van der Waals surface area contributed by atoms with Gasteiger partial charge < -0.3 is 10.1 Å². The first-order valence-electron chi connectivity index (χ1n) is 8.48. The minimum Gasteiger partial charge on any atom is -0.497 e. The number of rotatable bonds is 8. The maximum atomic E-state index is 12.1. The van der Waals surface area contributed by atoms with E-state index in [9.17, 15) is 10.1 Å². The Kier molecular flexibility index (Phi) is 7.49. The molecule has 26 heavy (non-hydrogen) atoms. The van der Waals surface area contributed by atoms with Crippen LogP contribution in [0.4, 0.5) is 5.69 Å². The van der Waals surface area contributed by atoms with E-state index in [1.54, 1.807) is 31.4 Å². The first kappa shape index (κ1) is 19.8. The Bertz CT molecular complexity index is 783. The average Bonchev–Trinajstić information content (AvgIpc) is 2.62. The zero-order valence-electron chi connectivity index (χ0n) is 15.3. The first-order chi connectivity index (χ1) is 12.5. The smallest absolute Gasteiger partial charge is 0.225 e. The van der Waals surface area contributed by atoms with Crippen molar-refractivity contribution in [1.82, 2.24) is 4.98 Å². The van der Waals surface area contributed by atoms with E-state index in [0.29, 0.717) is 28.7 Å². The largest absolute Gasteiger partial charge is 0.497 e. The van der Waals surface area contributed by atoms with E-state index in [2.05, 4.69) is 30.2 Å². The van der Waals surface area contributed by atoms with E-state index in [1.165, 1.54) is 11.8 Å². The standard InChI is InChI=1S/C20H23N3O2S/c1-14(2)12-17-5-4-15(13-21)20(23-17)26-11-10-19(24)22-16-6-8-18(25-3)9-7-16/h4-9,14H,10-12H2,1-3H3,(H,22,24). The molecule has 1 heterocycles. The van der Waals surface area contributed by atoms with Gasteiger partial charge >= 0.3 is 0 Å². The number of nitriles is 1. The lowest BCUT2D eigenvalue weighted by Gasteiger charge is -2.09. The van der Waals surface area contributed by atoms with E-state index in [1.807, 2.05) is 12.1 Å². The van der Waals surface area contributed by atoms with Gasteiger partial charge in [-0.3, -0.25) is 4.79 Å². The minimum atomic E-state index is -0.0699. The minimum absolute atomic E-state index is 0.0699. The fourth-order valence-electron chi connectivity index (χ4n) is 2.34. The number of hydrogen-bond donors (Lipinski definition) is 1. The number of methoxy groups -OCH3 is 1. The molecule has 0 aliphatic heterocycles. The molecule has 6 heteroatoms. The third-order valence-electron chi connectivity index (χ3n) is 3.60. The Balaban J connectivity index is 1.89. The molecule has 5 nitrogen and oxygen atoms in total. The maximum absolute atomic E-state index is 12.1. The van der Waals surface area contributed by atoms with Crippen molar-refractivity contribution in [3.8, 4) is 11.8 Å². The van der Waals surface area contributed by atoms with Crippen molar-refractivity contribution >= 4 is 23.4 Å². The molecule has 0 saturated carbocycles. The summed E-state index contributed by atoms with van der Waals surface area (Å²) < 4.78 is 5.09. The van der Waals surface area contributed by atoms with Crippen molar-refractivity contribution in [2.24, 2.45) is 5.92 Å². The molecule has 0 aliphatic rings. The number of aromatic nitrogens is 1. The van der Waals surface area contributed by atoms with E-state index in [4.69, 9.17) is 4.74 Å². The second-order valence-electron chi connectivity index (χ2n) is 6.24. The van der Waals surface area contributed by atoms with Gasteiger partial charge in [-0.1, -0.05) is 13.8 Å². The molecule has 0 spiro atoms. The maximum Gasteiger partial charge on any atom is 0.225 e. The highest BCUT2D eigenvalue weighted by atomic mass is 32.2. The Morgan fingerprint density at radius 1 is 1.27 bits per heavy atom. The zero-order valence-corrected chi connectivity index (χ0v) is 16.1. The quantitative estimate of drug-likeness (QED) is 0.703. The summed E-state index contributed by atoms with van der Waals surface area (Å²) in [5.74, 6) is 1.74. The molecule has 0 fully saturated rings. The highest BCUT2D eigenvalue weighted by molar-refractivity contribution is 7.99. The third kappa shape index (κ3) is 6.08. The fourth-order valence-corrected chi connectivity index (χ4v) is 3.28. The number of thioether (sulfide) groups is 1. The first-order valence-corrected chi connectivity index (χ1v) is 9.47. The van der Waals surface area contributed by atoms with Crippen molar-refractivity contribution in [2.45, 2.75) is 31.7 Å². The molecule has 0 bridgehead atoms. The summed E-state index contributed by atoms with van der Waals surface area (Å²) in [5.41, 5.74) is 2.26. The number of nitrogens with one attached hydrogen (secondary N) is 1. The molecule has 2 aromatic rings. The summed E-state index contributed by atoms with van der Waals surface area (Å²) in [4.78, 5) is 16.7. The van der Waals surface area contributed by atoms with Crippen LogP contribution >= 0.6 is 11.8 Å². The number of pyridine rings is 1. The van der Waals surface area contributed by atoms with Gasteiger partial charge in [0.1, 0.15) is 16.8 Å². The number of anilines is 1. The van der Waals surface area contributed by atoms with Crippen LogP contribution in [0.2, 0.25) is 0 Å². The Labute approximate surface area is 158 Å². The van der Waals surface area contributed by atoms with Crippen LogP contribution in [0.25, 0.3) is 0 Å². The summed E-state index contributed by atoms with van der Waals surface area (Å²) >= 11 is 1.44. The van der Waals surface area contributed by atoms with Gasteiger partial charge in [-0.05, 0) is 48.7 Å². The highest BCUT2D eigenvalue weighted by Gasteiger charge is 2.09. The predicted octanol–water partition coefficient (Wildman–Crippen LogP) is 4.28. The van der Waals surface area contributed by atoms with Crippen LogP contribution in [0.5, 0.6) is 5.75 Å². The number of benzene rings is 1. The van der Waals surface area contributed by atoms with E-state index < -0.39 is 0 Å². The van der Waals surface area contributed by atoms with Gasteiger partial charge in [-0.25, -0.2) is 4.98 Å². The lowest BCUT2D eigenvalue weighted by molar-refractivity contribution is -0.115. The van der Waals surface area contributed by atoms with Gasteiger partial charge in [0, 0.05) is 23.6 Å². The van der Waals surface area contributed by atoms with Crippen molar-refractivity contribution in [2.75, 3.05) is 18.2 Å². The van der Waals surface area contributed by atoms with Crippen LogP contribution in [0, 0.1) is 17.2 Å². The molecule has 1 N–H and O–H groups in total. The molecule has 0 saturated heterocycles. The van der Waals surface area contributed by atoms with Crippen LogP contribution in [0.15, 0.2) is 41.4 Å². The molecule has 1 aromatic heterocycles.